The molecule has 0 radical (unpaired) electrons. The van der Waals surface area contributed by atoms with Crippen LogP contribution in [0.3, 0.4) is 0 Å². The first kappa shape index (κ1) is 18.9. The summed E-state index contributed by atoms with van der Waals surface area (Å²) in [6, 6.07) is 11.6. The predicted molar refractivity (Wildman–Crippen MR) is 92.5 cm³/mol. The highest BCUT2D eigenvalue weighted by atomic mass is 16.1. The molecule has 0 bridgehead atoms. The zero-order valence-electron chi connectivity index (χ0n) is 12.7. The van der Waals surface area contributed by atoms with E-state index in [1.807, 2.05) is 48.6 Å². The summed E-state index contributed by atoms with van der Waals surface area (Å²) in [5, 5.41) is 7.51. The van der Waals surface area contributed by atoms with Crippen LogP contribution in [0.4, 0.5) is 0 Å². The molecule has 1 aromatic rings. The lowest BCUT2D eigenvalue weighted by Crippen LogP contribution is -2.11. The molecule has 0 aliphatic rings. The van der Waals surface area contributed by atoms with Crippen LogP contribution in [0, 0.1) is 11.3 Å². The molecule has 0 aliphatic heterocycles. The zero-order chi connectivity index (χ0) is 16.8. The van der Waals surface area contributed by atoms with Gasteiger partial charge in [0.25, 0.3) is 0 Å². The largest absolute Gasteiger partial charge is 0.366 e. The molecule has 22 heavy (non-hydrogen) atoms. The maximum Gasteiger partial charge on any atom is 0.244 e. The lowest BCUT2D eigenvalue weighted by Gasteiger charge is -1.97. The summed E-state index contributed by atoms with van der Waals surface area (Å²) in [6.07, 6.45) is 10.3. The van der Waals surface area contributed by atoms with Gasteiger partial charge in [-0.1, -0.05) is 67.8 Å². The predicted octanol–water partition coefficient (Wildman–Crippen LogP) is 3.94. The van der Waals surface area contributed by atoms with Gasteiger partial charge in [0.05, 0.1) is 6.07 Å². The molecule has 0 heterocycles. The van der Waals surface area contributed by atoms with E-state index in [-0.39, 0.29) is 0 Å². The van der Waals surface area contributed by atoms with Crippen molar-refractivity contribution in [1.29, 1.82) is 5.26 Å². The van der Waals surface area contributed by atoms with Crippen molar-refractivity contribution < 1.29 is 4.79 Å². The molecule has 1 rings (SSSR count). The number of nitrogens with two attached hydrogens (primary N) is 1. The second-order valence-corrected chi connectivity index (χ2v) is 4.17. The standard InChI is InChI=1S/C16H17NO.C3H3N/c1-3-7-15(12-13(2)16(17)18)11-10-14-8-5-4-6-9-14;1-2-3-4/h3-12H,1H2,2H3,(H2,17,18);2H,1H2. The zero-order valence-corrected chi connectivity index (χ0v) is 12.7. The number of carbonyl (C=O) groups excluding carboxylic acids is 1. The van der Waals surface area contributed by atoms with E-state index in [1.165, 1.54) is 6.08 Å². The van der Waals surface area contributed by atoms with Crippen LogP contribution in [0.1, 0.15) is 12.5 Å². The third kappa shape index (κ3) is 8.89. The molecule has 0 saturated carbocycles. The molecule has 0 fully saturated rings. The topological polar surface area (TPSA) is 66.9 Å². The third-order valence-corrected chi connectivity index (χ3v) is 2.44. The number of primary amides is 1. The number of hydrogen-bond donors (Lipinski definition) is 1. The first-order valence-corrected chi connectivity index (χ1v) is 6.59. The van der Waals surface area contributed by atoms with Gasteiger partial charge in [-0.15, -0.1) is 0 Å². The summed E-state index contributed by atoms with van der Waals surface area (Å²) < 4.78 is 0. The van der Waals surface area contributed by atoms with Crippen molar-refractivity contribution in [2.24, 2.45) is 5.73 Å². The molecule has 2 N–H and O–H groups in total. The molecule has 0 saturated heterocycles. The quantitative estimate of drug-likeness (QED) is 0.507. The van der Waals surface area contributed by atoms with Crippen LogP contribution in [0.15, 0.2) is 85.0 Å². The van der Waals surface area contributed by atoms with Crippen molar-refractivity contribution in [2.45, 2.75) is 6.92 Å². The van der Waals surface area contributed by atoms with Gasteiger partial charge in [-0.25, -0.2) is 0 Å². The fourth-order valence-corrected chi connectivity index (χ4v) is 1.37. The van der Waals surface area contributed by atoms with Gasteiger partial charge in [0, 0.05) is 11.6 Å². The SMILES string of the molecule is C=CC#N.C=CC=C(C=Cc1ccccc1)C=C(C)C(N)=O. The smallest absolute Gasteiger partial charge is 0.244 e. The van der Waals surface area contributed by atoms with E-state index in [4.69, 9.17) is 11.0 Å². The van der Waals surface area contributed by atoms with E-state index in [0.29, 0.717) is 5.57 Å². The highest BCUT2D eigenvalue weighted by Crippen LogP contribution is 2.08. The minimum absolute atomic E-state index is 0.418. The summed E-state index contributed by atoms with van der Waals surface area (Å²) in [5.74, 6) is -0.418. The maximum absolute atomic E-state index is 11.0. The molecule has 0 aromatic heterocycles. The lowest BCUT2D eigenvalue weighted by atomic mass is 10.1. The molecular formula is C19H20N2O. The molecule has 0 spiro atoms. The van der Waals surface area contributed by atoms with Gasteiger partial charge >= 0.3 is 0 Å². The van der Waals surface area contributed by atoms with Crippen molar-refractivity contribution in [1.82, 2.24) is 0 Å². The van der Waals surface area contributed by atoms with E-state index in [9.17, 15) is 4.79 Å². The maximum atomic E-state index is 11.0. The van der Waals surface area contributed by atoms with Gasteiger partial charge in [0.15, 0.2) is 0 Å². The summed E-state index contributed by atoms with van der Waals surface area (Å²) >= 11 is 0. The van der Waals surface area contributed by atoms with Crippen LogP contribution < -0.4 is 5.73 Å². The Balaban J connectivity index is 0.000000980. The van der Waals surface area contributed by atoms with Crippen molar-refractivity contribution in [2.75, 3.05) is 0 Å². The van der Waals surface area contributed by atoms with Crippen LogP contribution in [0.2, 0.25) is 0 Å². The number of amides is 1. The molecule has 3 heteroatoms. The monoisotopic (exact) mass is 292 g/mol. The van der Waals surface area contributed by atoms with E-state index >= 15 is 0 Å². The van der Waals surface area contributed by atoms with Crippen LogP contribution in [0.25, 0.3) is 6.08 Å². The summed E-state index contributed by atoms with van der Waals surface area (Å²) in [5.41, 5.74) is 7.69. The average molecular weight is 292 g/mol. The van der Waals surface area contributed by atoms with E-state index in [2.05, 4.69) is 13.2 Å². The molecular weight excluding hydrogens is 272 g/mol. The van der Waals surface area contributed by atoms with Gasteiger partial charge in [-0.2, -0.15) is 5.26 Å². The van der Waals surface area contributed by atoms with Crippen LogP contribution >= 0.6 is 0 Å². The van der Waals surface area contributed by atoms with Gasteiger partial charge in [0.2, 0.25) is 5.91 Å². The Kier molecular flexibility index (Phi) is 10.0. The Morgan fingerprint density at radius 2 is 1.86 bits per heavy atom. The Bertz CT molecular complexity index is 629. The summed E-state index contributed by atoms with van der Waals surface area (Å²) in [4.78, 5) is 11.0. The number of benzene rings is 1. The molecule has 1 amide bonds. The van der Waals surface area contributed by atoms with Crippen molar-refractivity contribution in [3.05, 3.63) is 90.6 Å². The third-order valence-electron chi connectivity index (χ3n) is 2.44. The average Bonchev–Trinajstić information content (AvgIpc) is 2.54. The van der Waals surface area contributed by atoms with Crippen molar-refractivity contribution >= 4 is 12.0 Å². The van der Waals surface area contributed by atoms with E-state index in [0.717, 1.165) is 11.1 Å². The van der Waals surface area contributed by atoms with E-state index in [1.54, 1.807) is 25.1 Å². The number of carbonyl (C=O) groups is 1. The fourth-order valence-electron chi connectivity index (χ4n) is 1.37. The highest BCUT2D eigenvalue weighted by Gasteiger charge is 1.97. The lowest BCUT2D eigenvalue weighted by molar-refractivity contribution is -0.114. The Labute approximate surface area is 132 Å². The van der Waals surface area contributed by atoms with Crippen molar-refractivity contribution in [3.63, 3.8) is 0 Å². The molecule has 0 atom stereocenters. The number of rotatable bonds is 5. The molecule has 0 unspecified atom stereocenters. The van der Waals surface area contributed by atoms with Gasteiger partial charge < -0.3 is 5.73 Å². The van der Waals surface area contributed by atoms with Crippen LogP contribution in [0.5, 0.6) is 0 Å². The summed E-state index contributed by atoms with van der Waals surface area (Å²) in [6.45, 7) is 8.46. The molecule has 3 nitrogen and oxygen atoms in total. The van der Waals surface area contributed by atoms with E-state index < -0.39 is 5.91 Å². The number of nitriles is 1. The number of hydrogen-bond acceptors (Lipinski definition) is 2. The normalized spacial score (nSPS) is 11.1. The molecule has 112 valence electrons. The van der Waals surface area contributed by atoms with Crippen LogP contribution in [-0.2, 0) is 4.79 Å². The van der Waals surface area contributed by atoms with Gasteiger partial charge in [-0.05, 0) is 24.1 Å². The van der Waals surface area contributed by atoms with Crippen molar-refractivity contribution in [3.8, 4) is 6.07 Å². The number of allylic oxidation sites excluding steroid dienone is 6. The first-order chi connectivity index (χ1) is 10.5. The molecule has 1 aromatic carbocycles. The van der Waals surface area contributed by atoms with Gasteiger partial charge in [0.1, 0.15) is 0 Å². The van der Waals surface area contributed by atoms with Crippen LogP contribution in [-0.4, -0.2) is 5.91 Å². The second-order valence-electron chi connectivity index (χ2n) is 4.17. The summed E-state index contributed by atoms with van der Waals surface area (Å²) in [7, 11) is 0. The Hall–Kier alpha value is -3.12. The Morgan fingerprint density at radius 1 is 1.27 bits per heavy atom. The first-order valence-electron chi connectivity index (χ1n) is 6.59. The Morgan fingerprint density at radius 3 is 2.32 bits per heavy atom. The second kappa shape index (κ2) is 11.7. The fraction of sp³-hybridized carbons (Fsp3) is 0.0526. The van der Waals surface area contributed by atoms with Gasteiger partial charge in [-0.3, -0.25) is 4.79 Å². The minimum atomic E-state index is -0.418. The highest BCUT2D eigenvalue weighted by molar-refractivity contribution is 5.92. The number of nitrogens with zero attached hydrogens (tertiary/aromatic N) is 1. The minimum Gasteiger partial charge on any atom is -0.366 e. The molecule has 0 aliphatic carbocycles.